The quantitative estimate of drug-likeness (QED) is 0.277. The Hall–Kier alpha value is -3.55. The number of aromatic nitrogens is 2. The molecule has 1 aromatic heterocycles. The van der Waals surface area contributed by atoms with Gasteiger partial charge in [-0.25, -0.2) is 4.68 Å². The molecular formula is C23H17ClN4O2S. The topological polar surface area (TPSA) is 67.2 Å². The third kappa shape index (κ3) is 3.93. The number of carbonyl (C=O) groups excluding carboxylic acids is 2. The first-order chi connectivity index (χ1) is 15.0. The lowest BCUT2D eigenvalue weighted by Crippen LogP contribution is -2.53. The molecule has 2 amide bonds. The number of nitrogens with zero attached hydrogens (tertiary/aromatic N) is 3. The molecule has 0 saturated carbocycles. The van der Waals surface area contributed by atoms with Gasteiger partial charge in [0.25, 0.3) is 11.8 Å². The van der Waals surface area contributed by atoms with Crippen molar-refractivity contribution in [3.63, 3.8) is 0 Å². The molecule has 154 valence electrons. The van der Waals surface area contributed by atoms with Gasteiger partial charge in [0, 0.05) is 17.7 Å². The van der Waals surface area contributed by atoms with E-state index in [1.807, 2.05) is 60.7 Å². The van der Waals surface area contributed by atoms with Crippen molar-refractivity contribution in [3.05, 3.63) is 89.6 Å². The zero-order chi connectivity index (χ0) is 22.0. The van der Waals surface area contributed by atoms with Crippen molar-refractivity contribution in [2.75, 3.05) is 6.54 Å². The molecule has 0 radical (unpaired) electrons. The lowest BCUT2D eigenvalue weighted by molar-refractivity contribution is -0.128. The van der Waals surface area contributed by atoms with Crippen LogP contribution in [0.25, 0.3) is 23.0 Å². The van der Waals surface area contributed by atoms with Crippen LogP contribution >= 0.6 is 23.8 Å². The highest BCUT2D eigenvalue weighted by atomic mass is 35.5. The van der Waals surface area contributed by atoms with E-state index in [1.54, 1.807) is 4.68 Å². The van der Waals surface area contributed by atoms with Gasteiger partial charge < -0.3 is 0 Å². The zero-order valence-electron chi connectivity index (χ0n) is 16.3. The lowest BCUT2D eigenvalue weighted by Gasteiger charge is -2.27. The summed E-state index contributed by atoms with van der Waals surface area (Å²) in [4.78, 5) is 26.8. The molecule has 1 fully saturated rings. The summed E-state index contributed by atoms with van der Waals surface area (Å²) in [6, 6.07) is 18.8. The Morgan fingerprint density at radius 2 is 1.71 bits per heavy atom. The number of para-hydroxylation sites is 1. The second kappa shape index (κ2) is 8.67. The molecule has 6 nitrogen and oxygen atoms in total. The molecular weight excluding hydrogens is 432 g/mol. The van der Waals surface area contributed by atoms with E-state index in [-0.39, 0.29) is 22.4 Å². The van der Waals surface area contributed by atoms with Crippen LogP contribution in [0.15, 0.2) is 78.9 Å². The molecule has 1 aliphatic heterocycles. The van der Waals surface area contributed by atoms with E-state index in [4.69, 9.17) is 23.8 Å². The summed E-state index contributed by atoms with van der Waals surface area (Å²) in [7, 11) is 0. The normalized spacial score (nSPS) is 15.3. The fourth-order valence-corrected chi connectivity index (χ4v) is 3.75. The van der Waals surface area contributed by atoms with E-state index < -0.39 is 11.8 Å². The molecule has 0 bridgehead atoms. The van der Waals surface area contributed by atoms with Crippen LogP contribution < -0.4 is 5.32 Å². The predicted octanol–water partition coefficient (Wildman–Crippen LogP) is 4.01. The van der Waals surface area contributed by atoms with Gasteiger partial charge in [-0.15, -0.1) is 6.58 Å². The summed E-state index contributed by atoms with van der Waals surface area (Å²) in [6.45, 7) is 3.81. The largest absolute Gasteiger partial charge is 0.298 e. The van der Waals surface area contributed by atoms with Gasteiger partial charge >= 0.3 is 0 Å². The number of benzene rings is 2. The summed E-state index contributed by atoms with van der Waals surface area (Å²) in [5.41, 5.74) is 2.48. The molecule has 2 aromatic carbocycles. The van der Waals surface area contributed by atoms with Gasteiger partial charge in [-0.05, 0) is 30.4 Å². The van der Waals surface area contributed by atoms with Crippen LogP contribution in [0.4, 0.5) is 0 Å². The highest BCUT2D eigenvalue weighted by molar-refractivity contribution is 7.80. The molecule has 3 aromatic rings. The first-order valence-corrected chi connectivity index (χ1v) is 10.2. The monoisotopic (exact) mass is 448 g/mol. The van der Waals surface area contributed by atoms with E-state index in [2.05, 4.69) is 17.0 Å². The highest BCUT2D eigenvalue weighted by Gasteiger charge is 2.33. The first-order valence-electron chi connectivity index (χ1n) is 9.40. The van der Waals surface area contributed by atoms with Crippen molar-refractivity contribution in [2.24, 2.45) is 0 Å². The second-order valence-corrected chi connectivity index (χ2v) is 7.43. The average Bonchev–Trinajstić information content (AvgIpc) is 3.11. The minimum Gasteiger partial charge on any atom is -0.298 e. The molecule has 1 saturated heterocycles. The Labute approximate surface area is 189 Å². The van der Waals surface area contributed by atoms with E-state index in [9.17, 15) is 9.59 Å². The van der Waals surface area contributed by atoms with Crippen LogP contribution in [-0.4, -0.2) is 38.2 Å². The van der Waals surface area contributed by atoms with Crippen LogP contribution in [0.3, 0.4) is 0 Å². The fraction of sp³-hybridized carbons (Fsp3) is 0.0435. The van der Waals surface area contributed by atoms with Crippen molar-refractivity contribution in [3.8, 4) is 16.9 Å². The van der Waals surface area contributed by atoms with E-state index in [0.717, 1.165) is 11.3 Å². The first kappa shape index (κ1) is 20.7. The van der Waals surface area contributed by atoms with Gasteiger partial charge in [0.1, 0.15) is 16.4 Å². The van der Waals surface area contributed by atoms with Crippen LogP contribution in [0.2, 0.25) is 5.15 Å². The van der Waals surface area contributed by atoms with Crippen molar-refractivity contribution < 1.29 is 9.59 Å². The summed E-state index contributed by atoms with van der Waals surface area (Å²) >= 11 is 11.8. The number of hydrogen-bond donors (Lipinski definition) is 1. The number of rotatable bonds is 5. The molecule has 0 aliphatic carbocycles. The van der Waals surface area contributed by atoms with Gasteiger partial charge in [0.2, 0.25) is 0 Å². The molecule has 2 heterocycles. The Kier molecular flexibility index (Phi) is 5.79. The second-order valence-electron chi connectivity index (χ2n) is 6.69. The number of hydrogen-bond acceptors (Lipinski definition) is 4. The molecule has 1 aliphatic rings. The molecule has 8 heteroatoms. The third-order valence-corrected chi connectivity index (χ3v) is 5.38. The maximum absolute atomic E-state index is 13.0. The number of halogens is 1. The van der Waals surface area contributed by atoms with Crippen molar-refractivity contribution in [2.45, 2.75) is 0 Å². The van der Waals surface area contributed by atoms with Crippen molar-refractivity contribution in [1.29, 1.82) is 0 Å². The Balaban J connectivity index is 1.90. The minimum absolute atomic E-state index is 0.0430. The molecule has 0 spiro atoms. The van der Waals surface area contributed by atoms with Crippen molar-refractivity contribution in [1.82, 2.24) is 20.0 Å². The maximum Gasteiger partial charge on any atom is 0.265 e. The maximum atomic E-state index is 13.0. The standard InChI is InChI=1S/C23H17ClN4O2S/c1-2-13-27-22(30)18(21(29)25-23(27)31)14-17-19(15-9-5-3-6-10-15)26-28(20(17)24)16-11-7-4-8-12-16/h2-12,14H,1,13H2,(H,25,29,31). The lowest BCUT2D eigenvalue weighted by atomic mass is 10.0. The van der Waals surface area contributed by atoms with E-state index in [1.165, 1.54) is 17.1 Å². The number of carbonyl (C=O) groups is 2. The molecule has 1 N–H and O–H groups in total. The Morgan fingerprint density at radius 3 is 2.35 bits per heavy atom. The Morgan fingerprint density at radius 1 is 1.06 bits per heavy atom. The summed E-state index contributed by atoms with van der Waals surface area (Å²) in [6.07, 6.45) is 3.00. The molecule has 0 unspecified atom stereocenters. The SMILES string of the molecule is C=CCN1C(=O)C(=Cc2c(-c3ccccc3)nn(-c3ccccc3)c2Cl)C(=O)NC1=S. The molecule has 0 atom stereocenters. The van der Waals surface area contributed by atoms with Gasteiger partial charge in [-0.1, -0.05) is 66.2 Å². The van der Waals surface area contributed by atoms with Gasteiger partial charge in [0.15, 0.2) is 5.11 Å². The number of nitrogens with one attached hydrogen (secondary N) is 1. The summed E-state index contributed by atoms with van der Waals surface area (Å²) in [5, 5.41) is 7.54. The zero-order valence-corrected chi connectivity index (χ0v) is 17.9. The van der Waals surface area contributed by atoms with Gasteiger partial charge in [-0.2, -0.15) is 5.10 Å². The summed E-state index contributed by atoms with van der Waals surface area (Å²) in [5.74, 6) is -1.10. The van der Waals surface area contributed by atoms with Gasteiger partial charge in [-0.3, -0.25) is 19.8 Å². The molecule has 31 heavy (non-hydrogen) atoms. The van der Waals surface area contributed by atoms with Crippen LogP contribution in [-0.2, 0) is 9.59 Å². The Bertz CT molecular complexity index is 1220. The third-order valence-electron chi connectivity index (χ3n) is 4.70. The number of thiocarbonyl (C=S) groups is 1. The van der Waals surface area contributed by atoms with Crippen LogP contribution in [0.5, 0.6) is 0 Å². The minimum atomic E-state index is -0.585. The van der Waals surface area contributed by atoms with E-state index in [0.29, 0.717) is 11.3 Å². The number of amides is 2. The van der Waals surface area contributed by atoms with E-state index >= 15 is 0 Å². The van der Waals surface area contributed by atoms with Crippen LogP contribution in [0, 0.1) is 0 Å². The van der Waals surface area contributed by atoms with Gasteiger partial charge in [0.05, 0.1) is 5.69 Å². The van der Waals surface area contributed by atoms with Crippen molar-refractivity contribution >= 4 is 46.8 Å². The van der Waals surface area contributed by atoms with Crippen LogP contribution in [0.1, 0.15) is 5.56 Å². The molecule has 4 rings (SSSR count). The highest BCUT2D eigenvalue weighted by Crippen LogP contribution is 2.33. The fourth-order valence-electron chi connectivity index (χ4n) is 3.22. The predicted molar refractivity (Wildman–Crippen MR) is 125 cm³/mol. The smallest absolute Gasteiger partial charge is 0.265 e. The average molecular weight is 449 g/mol. The summed E-state index contributed by atoms with van der Waals surface area (Å²) < 4.78 is 1.58.